The molecule has 0 unspecified atom stereocenters. The monoisotopic (exact) mass is 331 g/mol. The third-order valence-corrected chi connectivity index (χ3v) is 4.41. The number of carbonyl (C=O) groups excluding carboxylic acids is 1. The Morgan fingerprint density at radius 3 is 2.92 bits per heavy atom. The third-order valence-electron chi connectivity index (χ3n) is 4.41. The number of benzene rings is 1. The topological polar surface area (TPSA) is 59.2 Å². The summed E-state index contributed by atoms with van der Waals surface area (Å²) in [6, 6.07) is 6.01. The number of halogens is 1. The SMILES string of the molecule is CCCCC(=O)N1CCC[C@@H](c2nc(-c3ccc(F)cc3)no2)C1. The Labute approximate surface area is 140 Å². The van der Waals surface area contributed by atoms with Crippen molar-refractivity contribution in [3.05, 3.63) is 36.0 Å². The van der Waals surface area contributed by atoms with Gasteiger partial charge in [0.1, 0.15) is 5.82 Å². The average Bonchev–Trinajstić information content (AvgIpc) is 3.10. The molecular formula is C18H22FN3O2. The van der Waals surface area contributed by atoms with Gasteiger partial charge in [0.15, 0.2) is 0 Å². The second-order valence-corrected chi connectivity index (χ2v) is 6.25. The Morgan fingerprint density at radius 2 is 2.17 bits per heavy atom. The number of unbranched alkanes of at least 4 members (excludes halogenated alkanes) is 1. The minimum absolute atomic E-state index is 0.0750. The van der Waals surface area contributed by atoms with Crippen LogP contribution in [-0.2, 0) is 4.79 Å². The van der Waals surface area contributed by atoms with Crippen LogP contribution in [-0.4, -0.2) is 34.0 Å². The van der Waals surface area contributed by atoms with Gasteiger partial charge in [0, 0.05) is 25.1 Å². The Balaban J connectivity index is 1.68. The van der Waals surface area contributed by atoms with E-state index in [-0.39, 0.29) is 17.6 Å². The lowest BCUT2D eigenvalue weighted by molar-refractivity contribution is -0.132. The van der Waals surface area contributed by atoms with E-state index in [1.165, 1.54) is 12.1 Å². The van der Waals surface area contributed by atoms with Crippen molar-refractivity contribution in [3.8, 4) is 11.4 Å². The lowest BCUT2D eigenvalue weighted by Crippen LogP contribution is -2.39. The van der Waals surface area contributed by atoms with E-state index in [1.54, 1.807) is 12.1 Å². The number of likely N-dealkylation sites (tertiary alicyclic amines) is 1. The fourth-order valence-corrected chi connectivity index (χ4v) is 3.01. The van der Waals surface area contributed by atoms with Crippen molar-refractivity contribution in [2.24, 2.45) is 0 Å². The normalized spacial score (nSPS) is 17.9. The number of rotatable bonds is 5. The van der Waals surface area contributed by atoms with Gasteiger partial charge in [0.25, 0.3) is 0 Å². The molecule has 3 rings (SSSR count). The highest BCUT2D eigenvalue weighted by atomic mass is 19.1. The lowest BCUT2D eigenvalue weighted by Gasteiger charge is -2.31. The average molecular weight is 331 g/mol. The lowest BCUT2D eigenvalue weighted by atomic mass is 9.97. The molecule has 0 aliphatic carbocycles. The van der Waals surface area contributed by atoms with E-state index in [9.17, 15) is 9.18 Å². The summed E-state index contributed by atoms with van der Waals surface area (Å²) in [6.07, 6.45) is 4.43. The van der Waals surface area contributed by atoms with Crippen LogP contribution in [0, 0.1) is 5.82 Å². The molecule has 1 aromatic carbocycles. The minimum atomic E-state index is -0.295. The van der Waals surface area contributed by atoms with Gasteiger partial charge in [-0.25, -0.2) is 4.39 Å². The molecule has 0 saturated carbocycles. The van der Waals surface area contributed by atoms with E-state index in [0.717, 1.165) is 37.8 Å². The molecule has 24 heavy (non-hydrogen) atoms. The Morgan fingerprint density at radius 1 is 1.38 bits per heavy atom. The molecule has 0 bridgehead atoms. The maximum atomic E-state index is 13.0. The summed E-state index contributed by atoms with van der Waals surface area (Å²) in [5.41, 5.74) is 0.720. The van der Waals surface area contributed by atoms with Crippen LogP contribution in [0.25, 0.3) is 11.4 Å². The second-order valence-electron chi connectivity index (χ2n) is 6.25. The predicted molar refractivity (Wildman–Crippen MR) is 87.8 cm³/mol. The number of hydrogen-bond donors (Lipinski definition) is 0. The van der Waals surface area contributed by atoms with Crippen molar-refractivity contribution < 1.29 is 13.7 Å². The summed E-state index contributed by atoms with van der Waals surface area (Å²) >= 11 is 0. The molecule has 128 valence electrons. The fraction of sp³-hybridized carbons (Fsp3) is 0.500. The van der Waals surface area contributed by atoms with Crippen LogP contribution in [0.4, 0.5) is 4.39 Å². The van der Waals surface area contributed by atoms with E-state index >= 15 is 0 Å². The Bertz CT molecular complexity index is 684. The van der Waals surface area contributed by atoms with Gasteiger partial charge < -0.3 is 9.42 Å². The van der Waals surface area contributed by atoms with Gasteiger partial charge in [-0.05, 0) is 43.5 Å². The van der Waals surface area contributed by atoms with Crippen LogP contribution in [0.3, 0.4) is 0 Å². The summed E-state index contributed by atoms with van der Waals surface area (Å²) in [6.45, 7) is 3.52. The molecule has 0 N–H and O–H groups in total. The maximum absolute atomic E-state index is 13.0. The summed E-state index contributed by atoms with van der Waals surface area (Å²) in [4.78, 5) is 18.6. The molecule has 2 heterocycles. The predicted octanol–water partition coefficient (Wildman–Crippen LogP) is 3.77. The van der Waals surface area contributed by atoms with E-state index in [1.807, 2.05) is 4.90 Å². The Hall–Kier alpha value is -2.24. The largest absolute Gasteiger partial charge is 0.342 e. The van der Waals surface area contributed by atoms with Gasteiger partial charge >= 0.3 is 0 Å². The zero-order valence-corrected chi connectivity index (χ0v) is 13.9. The quantitative estimate of drug-likeness (QED) is 0.837. The zero-order valence-electron chi connectivity index (χ0n) is 13.9. The smallest absolute Gasteiger partial charge is 0.231 e. The van der Waals surface area contributed by atoms with Gasteiger partial charge in [0.2, 0.25) is 17.6 Å². The van der Waals surface area contributed by atoms with E-state index in [4.69, 9.17) is 4.52 Å². The number of carbonyl (C=O) groups is 1. The highest BCUT2D eigenvalue weighted by Gasteiger charge is 2.28. The van der Waals surface area contributed by atoms with Crippen molar-refractivity contribution in [3.63, 3.8) is 0 Å². The van der Waals surface area contributed by atoms with E-state index in [2.05, 4.69) is 17.1 Å². The van der Waals surface area contributed by atoms with Gasteiger partial charge in [-0.15, -0.1) is 0 Å². The summed E-state index contributed by atoms with van der Waals surface area (Å²) in [7, 11) is 0. The summed E-state index contributed by atoms with van der Waals surface area (Å²) in [5, 5.41) is 4.00. The van der Waals surface area contributed by atoms with Gasteiger partial charge in [-0.2, -0.15) is 4.98 Å². The fourth-order valence-electron chi connectivity index (χ4n) is 3.01. The molecular weight excluding hydrogens is 309 g/mol. The first-order valence-corrected chi connectivity index (χ1v) is 8.54. The van der Waals surface area contributed by atoms with Crippen LogP contribution in [0.5, 0.6) is 0 Å². The molecule has 2 aromatic rings. The van der Waals surface area contributed by atoms with Crippen LogP contribution >= 0.6 is 0 Å². The molecule has 5 nitrogen and oxygen atoms in total. The molecule has 0 radical (unpaired) electrons. The van der Waals surface area contributed by atoms with Crippen molar-refractivity contribution >= 4 is 5.91 Å². The van der Waals surface area contributed by atoms with Crippen LogP contribution in [0.15, 0.2) is 28.8 Å². The summed E-state index contributed by atoms with van der Waals surface area (Å²) < 4.78 is 18.4. The van der Waals surface area contributed by atoms with E-state index in [0.29, 0.717) is 24.7 Å². The molecule has 1 aliphatic heterocycles. The Kier molecular flexibility index (Phi) is 5.23. The van der Waals surface area contributed by atoms with E-state index < -0.39 is 0 Å². The third kappa shape index (κ3) is 3.80. The number of hydrogen-bond acceptors (Lipinski definition) is 4. The molecule has 1 aromatic heterocycles. The minimum Gasteiger partial charge on any atom is -0.342 e. The van der Waals surface area contributed by atoms with Gasteiger partial charge in [0.05, 0.1) is 5.92 Å². The zero-order chi connectivity index (χ0) is 16.9. The van der Waals surface area contributed by atoms with Gasteiger partial charge in [-0.3, -0.25) is 4.79 Å². The first-order valence-electron chi connectivity index (χ1n) is 8.54. The molecule has 1 aliphatic rings. The van der Waals surface area contributed by atoms with Crippen LogP contribution < -0.4 is 0 Å². The molecule has 1 saturated heterocycles. The first kappa shape index (κ1) is 16.6. The number of aromatic nitrogens is 2. The summed E-state index contributed by atoms with van der Waals surface area (Å²) in [5.74, 6) is 1.00. The highest BCUT2D eigenvalue weighted by molar-refractivity contribution is 5.76. The van der Waals surface area contributed by atoms with Crippen molar-refractivity contribution in [1.29, 1.82) is 0 Å². The second kappa shape index (κ2) is 7.55. The highest BCUT2D eigenvalue weighted by Crippen LogP contribution is 2.28. The molecule has 1 amide bonds. The van der Waals surface area contributed by atoms with Crippen molar-refractivity contribution in [2.45, 2.75) is 44.9 Å². The molecule has 0 spiro atoms. The van der Waals surface area contributed by atoms with Gasteiger partial charge in [-0.1, -0.05) is 18.5 Å². The number of amides is 1. The van der Waals surface area contributed by atoms with Crippen LogP contribution in [0.1, 0.15) is 50.8 Å². The number of piperidine rings is 1. The van der Waals surface area contributed by atoms with Crippen molar-refractivity contribution in [1.82, 2.24) is 15.0 Å². The van der Waals surface area contributed by atoms with Crippen LogP contribution in [0.2, 0.25) is 0 Å². The standard InChI is InChI=1S/C18H22FN3O2/c1-2-3-6-16(23)22-11-4-5-14(12-22)18-20-17(21-24-18)13-7-9-15(19)10-8-13/h7-10,14H,2-6,11-12H2,1H3/t14-/m1/s1. The first-order chi connectivity index (χ1) is 11.7. The number of nitrogens with zero attached hydrogens (tertiary/aromatic N) is 3. The van der Waals surface area contributed by atoms with Crippen molar-refractivity contribution in [2.75, 3.05) is 13.1 Å². The maximum Gasteiger partial charge on any atom is 0.231 e. The molecule has 1 atom stereocenters. The molecule has 1 fully saturated rings. The molecule has 6 heteroatoms.